The second kappa shape index (κ2) is 17.9. The zero-order chi connectivity index (χ0) is 28.4. The van der Waals surface area contributed by atoms with Gasteiger partial charge in [0, 0.05) is 13.1 Å². The normalized spacial score (nSPS) is 11.6. The molecule has 0 aliphatic rings. The fraction of sp³-hybridized carbons (Fsp3) is 0.444. The maximum absolute atomic E-state index is 13.0. The lowest BCUT2D eigenvalue weighted by Crippen LogP contribution is -2.52. The van der Waals surface area contributed by atoms with E-state index in [0.29, 0.717) is 32.5 Å². The number of nitrogens with zero attached hydrogens (tertiary/aromatic N) is 1. The molecular weight excluding hydrogens is 501 g/mol. The van der Waals surface area contributed by atoms with E-state index < -0.39 is 18.2 Å². The molecule has 2 rings (SSSR count). The van der Waals surface area contributed by atoms with Gasteiger partial charge in [-0.15, -0.1) is 0 Å². The van der Waals surface area contributed by atoms with E-state index in [-0.39, 0.29) is 18.4 Å². The van der Waals surface area contributed by atoms with Crippen LogP contribution in [0, 0.1) is 0 Å². The number of carboxylic acid groups (broad SMARTS) is 1. The number of hydrogen-bond acceptors (Lipinski definition) is 5. The molecule has 0 heterocycles. The van der Waals surface area contributed by atoms with Gasteiger partial charge in [0.05, 0.1) is 6.54 Å². The minimum Gasteiger partial charge on any atom is -0.475 e. The molecule has 0 aliphatic heterocycles. The van der Waals surface area contributed by atoms with E-state index in [1.165, 1.54) is 5.56 Å². The number of nitrogens with one attached hydrogen (secondary N) is 1. The third-order valence-electron chi connectivity index (χ3n) is 5.62. The minimum atomic E-state index is -5.08. The molecule has 2 aromatic rings. The van der Waals surface area contributed by atoms with E-state index in [2.05, 4.69) is 17.4 Å². The number of aliphatic carboxylic acids is 1. The molecule has 0 spiro atoms. The Morgan fingerprint density at radius 1 is 0.868 bits per heavy atom. The van der Waals surface area contributed by atoms with Gasteiger partial charge in [-0.1, -0.05) is 60.7 Å². The van der Waals surface area contributed by atoms with Gasteiger partial charge >= 0.3 is 12.1 Å². The van der Waals surface area contributed by atoms with Crippen LogP contribution in [0.2, 0.25) is 0 Å². The molecule has 0 aliphatic carbocycles. The van der Waals surface area contributed by atoms with Crippen molar-refractivity contribution in [3.63, 3.8) is 0 Å². The van der Waals surface area contributed by atoms with Crippen molar-refractivity contribution in [3.05, 3.63) is 71.8 Å². The summed E-state index contributed by atoms with van der Waals surface area (Å²) in [6.45, 7) is 1.50. The lowest BCUT2D eigenvalue weighted by molar-refractivity contribution is -0.192. The van der Waals surface area contributed by atoms with E-state index in [1.807, 2.05) is 48.5 Å². The first-order chi connectivity index (χ1) is 18.1. The second-order valence-corrected chi connectivity index (χ2v) is 8.51. The molecule has 0 saturated carbocycles. The second-order valence-electron chi connectivity index (χ2n) is 8.51. The van der Waals surface area contributed by atoms with E-state index in [0.717, 1.165) is 31.2 Å². The van der Waals surface area contributed by atoms with Crippen LogP contribution in [-0.2, 0) is 27.2 Å². The summed E-state index contributed by atoms with van der Waals surface area (Å²) in [5.41, 5.74) is 13.7. The number of amides is 2. The van der Waals surface area contributed by atoms with Gasteiger partial charge in [-0.3, -0.25) is 9.59 Å². The average molecular weight is 539 g/mol. The number of hydrogen-bond donors (Lipinski definition) is 4. The van der Waals surface area contributed by atoms with Gasteiger partial charge in [-0.05, 0) is 56.2 Å². The SMILES string of the molecule is NCCCCC(C(=O)NCCCc1ccccc1)N(CCc1ccccc1)C(=O)CN.O=C(O)C(F)(F)F. The van der Waals surface area contributed by atoms with Crippen LogP contribution < -0.4 is 16.8 Å². The number of alkyl halides is 3. The summed E-state index contributed by atoms with van der Waals surface area (Å²) in [6.07, 6.45) is -0.457. The topological polar surface area (TPSA) is 139 Å². The minimum absolute atomic E-state index is 0.108. The van der Waals surface area contributed by atoms with Crippen LogP contribution in [-0.4, -0.2) is 66.2 Å². The molecule has 6 N–H and O–H groups in total. The zero-order valence-corrected chi connectivity index (χ0v) is 21.3. The largest absolute Gasteiger partial charge is 0.490 e. The molecule has 1 atom stereocenters. The van der Waals surface area contributed by atoms with Crippen molar-refractivity contribution in [1.29, 1.82) is 0 Å². The molecule has 1 unspecified atom stereocenters. The van der Waals surface area contributed by atoms with E-state index in [1.54, 1.807) is 4.90 Å². The van der Waals surface area contributed by atoms with Crippen LogP contribution >= 0.6 is 0 Å². The summed E-state index contributed by atoms with van der Waals surface area (Å²) < 4.78 is 31.7. The Hall–Kier alpha value is -3.44. The highest BCUT2D eigenvalue weighted by Crippen LogP contribution is 2.14. The number of benzene rings is 2. The monoisotopic (exact) mass is 538 g/mol. The lowest BCUT2D eigenvalue weighted by atomic mass is 10.0. The summed E-state index contributed by atoms with van der Waals surface area (Å²) in [5, 5.41) is 10.2. The Morgan fingerprint density at radius 3 is 1.87 bits per heavy atom. The maximum atomic E-state index is 13.0. The van der Waals surface area contributed by atoms with Gasteiger partial charge in [0.1, 0.15) is 6.04 Å². The third kappa shape index (κ3) is 13.2. The molecule has 2 amide bonds. The molecule has 2 aromatic carbocycles. The van der Waals surface area contributed by atoms with Gasteiger partial charge in [0.2, 0.25) is 11.8 Å². The summed E-state index contributed by atoms with van der Waals surface area (Å²) in [4.78, 5) is 36.2. The molecule has 0 radical (unpaired) electrons. The first kappa shape index (κ1) is 32.6. The fourth-order valence-electron chi connectivity index (χ4n) is 3.64. The highest BCUT2D eigenvalue weighted by Gasteiger charge is 2.38. The maximum Gasteiger partial charge on any atom is 0.490 e. The number of unbranched alkanes of at least 4 members (excludes halogenated alkanes) is 1. The van der Waals surface area contributed by atoms with Gasteiger partial charge in [0.25, 0.3) is 0 Å². The Balaban J connectivity index is 0.000000905. The molecule has 0 aromatic heterocycles. The van der Waals surface area contributed by atoms with Crippen LogP contribution in [0.4, 0.5) is 13.2 Å². The summed E-state index contributed by atoms with van der Waals surface area (Å²) in [7, 11) is 0. The number of rotatable bonds is 14. The van der Waals surface area contributed by atoms with Crippen molar-refractivity contribution >= 4 is 17.8 Å². The quantitative estimate of drug-likeness (QED) is 0.273. The summed E-state index contributed by atoms with van der Waals surface area (Å²) >= 11 is 0. The van der Waals surface area contributed by atoms with E-state index in [9.17, 15) is 22.8 Å². The number of carbonyl (C=O) groups is 3. The van der Waals surface area contributed by atoms with Gasteiger partial charge in [0.15, 0.2) is 0 Å². The molecule has 11 heteroatoms. The molecule has 0 fully saturated rings. The van der Waals surface area contributed by atoms with Gasteiger partial charge in [-0.2, -0.15) is 13.2 Å². The summed E-state index contributed by atoms with van der Waals surface area (Å²) in [5.74, 6) is -3.07. The highest BCUT2D eigenvalue weighted by molar-refractivity contribution is 5.88. The first-order valence-corrected chi connectivity index (χ1v) is 12.4. The van der Waals surface area contributed by atoms with Gasteiger partial charge < -0.3 is 26.8 Å². The number of aryl methyl sites for hydroxylation is 1. The molecule has 8 nitrogen and oxygen atoms in total. The Bertz CT molecular complexity index is 960. The molecular formula is C27H37F3N4O4. The van der Waals surface area contributed by atoms with Crippen LogP contribution in [0.1, 0.15) is 36.8 Å². The van der Waals surface area contributed by atoms with Crippen molar-refractivity contribution in [2.24, 2.45) is 11.5 Å². The van der Waals surface area contributed by atoms with Crippen LogP contribution in [0.5, 0.6) is 0 Å². The number of carboxylic acids is 1. The summed E-state index contributed by atoms with van der Waals surface area (Å²) in [6, 6.07) is 19.6. The van der Waals surface area contributed by atoms with Gasteiger partial charge in [-0.25, -0.2) is 4.79 Å². The van der Waals surface area contributed by atoms with E-state index >= 15 is 0 Å². The Kier molecular flexibility index (Phi) is 15.4. The smallest absolute Gasteiger partial charge is 0.475 e. The number of halogens is 3. The van der Waals surface area contributed by atoms with Crippen molar-refractivity contribution in [1.82, 2.24) is 10.2 Å². The van der Waals surface area contributed by atoms with Crippen molar-refractivity contribution < 1.29 is 32.7 Å². The average Bonchev–Trinajstić information content (AvgIpc) is 2.91. The number of nitrogens with two attached hydrogens (primary N) is 2. The van der Waals surface area contributed by atoms with Crippen LogP contribution in [0.15, 0.2) is 60.7 Å². The third-order valence-corrected chi connectivity index (χ3v) is 5.62. The standard InChI is InChI=1S/C25H36N4O2.C2HF3O2/c26-17-8-7-15-23(25(31)28-18-9-14-21-10-3-1-4-11-21)29(24(30)20-27)19-16-22-12-5-2-6-13-22;3-2(4,5)1(6)7/h1-6,10-13,23H,7-9,14-20,26-27H2,(H,28,31);(H,6,7). The fourth-order valence-corrected chi connectivity index (χ4v) is 3.64. The molecule has 38 heavy (non-hydrogen) atoms. The predicted octanol–water partition coefficient (Wildman–Crippen LogP) is 2.90. The molecule has 0 bridgehead atoms. The first-order valence-electron chi connectivity index (χ1n) is 12.4. The molecule has 210 valence electrons. The predicted molar refractivity (Wildman–Crippen MR) is 139 cm³/mol. The van der Waals surface area contributed by atoms with Crippen molar-refractivity contribution in [3.8, 4) is 0 Å². The number of carbonyl (C=O) groups excluding carboxylic acids is 2. The molecule has 0 saturated heterocycles. The van der Waals surface area contributed by atoms with Crippen molar-refractivity contribution in [2.75, 3.05) is 26.2 Å². The highest BCUT2D eigenvalue weighted by atomic mass is 19.4. The van der Waals surface area contributed by atoms with Crippen LogP contribution in [0.3, 0.4) is 0 Å². The lowest BCUT2D eigenvalue weighted by Gasteiger charge is -2.31. The Morgan fingerprint density at radius 2 is 1.39 bits per heavy atom. The van der Waals surface area contributed by atoms with E-state index in [4.69, 9.17) is 21.4 Å². The van der Waals surface area contributed by atoms with Crippen molar-refractivity contribution in [2.45, 2.75) is 50.7 Å². The zero-order valence-electron chi connectivity index (χ0n) is 21.3. The Labute approximate surface area is 221 Å². The van der Waals surface area contributed by atoms with Crippen LogP contribution in [0.25, 0.3) is 0 Å².